The van der Waals surface area contributed by atoms with Crippen LogP contribution in [0.2, 0.25) is 0 Å². The van der Waals surface area contributed by atoms with Gasteiger partial charge in [0.15, 0.2) is 17.3 Å². The fraction of sp³-hybridized carbons (Fsp3) is 0.321. The fourth-order valence-electron chi connectivity index (χ4n) is 4.81. The molecule has 0 bridgehead atoms. The van der Waals surface area contributed by atoms with Gasteiger partial charge in [0.2, 0.25) is 12.7 Å². The second-order valence-electron chi connectivity index (χ2n) is 9.18. The van der Waals surface area contributed by atoms with Crippen LogP contribution in [-0.2, 0) is 23.1 Å². The molecule has 0 radical (unpaired) electrons. The summed E-state index contributed by atoms with van der Waals surface area (Å²) in [4.78, 5) is 32.2. The van der Waals surface area contributed by atoms with E-state index in [1.807, 2.05) is 56.3 Å². The standard InChI is InChI=1S/C28H28N2O4S/c1-4-35-20-8-5-18(6-9-20)14-25(31)30-24-13-17(2)26-21(29-24)11-12-28(3,27(26)32)19-7-10-22-23(15-19)34-16-33-22/h5-10,13,15H,4,11-12,14,16H2,1-3H3,(H,29,30,31). The first-order chi connectivity index (χ1) is 16.9. The summed E-state index contributed by atoms with van der Waals surface area (Å²) in [6, 6.07) is 15.6. The van der Waals surface area contributed by atoms with Gasteiger partial charge in [-0.1, -0.05) is 25.1 Å². The Bertz CT molecular complexity index is 1310. The maximum absolute atomic E-state index is 13.7. The minimum atomic E-state index is -0.673. The number of aryl methyl sites for hydroxylation is 2. The van der Waals surface area contributed by atoms with Crippen molar-refractivity contribution < 1.29 is 19.1 Å². The molecule has 2 aromatic carbocycles. The van der Waals surface area contributed by atoms with Gasteiger partial charge in [-0.15, -0.1) is 11.8 Å². The van der Waals surface area contributed by atoms with E-state index in [4.69, 9.17) is 9.47 Å². The minimum absolute atomic E-state index is 0.0468. The predicted molar refractivity (Wildman–Crippen MR) is 137 cm³/mol. The summed E-state index contributed by atoms with van der Waals surface area (Å²) in [6.07, 6.45) is 1.55. The molecule has 0 spiro atoms. The third-order valence-corrected chi connectivity index (χ3v) is 7.65. The van der Waals surface area contributed by atoms with Gasteiger partial charge in [0.1, 0.15) is 5.82 Å². The number of fused-ring (bicyclic) bond motifs is 2. The van der Waals surface area contributed by atoms with Crippen LogP contribution in [0.25, 0.3) is 0 Å². The van der Waals surface area contributed by atoms with Crippen molar-refractivity contribution >= 4 is 29.3 Å². The first-order valence-corrected chi connectivity index (χ1v) is 12.8. The average molecular weight is 489 g/mol. The molecule has 1 N–H and O–H groups in total. The zero-order chi connectivity index (χ0) is 24.6. The number of carbonyl (C=O) groups is 2. The van der Waals surface area contributed by atoms with Crippen molar-refractivity contribution in [3.05, 3.63) is 76.5 Å². The Hall–Kier alpha value is -3.32. The van der Waals surface area contributed by atoms with E-state index in [2.05, 4.69) is 17.2 Å². The van der Waals surface area contributed by atoms with Gasteiger partial charge in [-0.2, -0.15) is 0 Å². The first-order valence-electron chi connectivity index (χ1n) is 11.8. The van der Waals surface area contributed by atoms with E-state index in [1.54, 1.807) is 17.8 Å². The van der Waals surface area contributed by atoms with Gasteiger partial charge >= 0.3 is 0 Å². The number of aromatic nitrogens is 1. The molecule has 7 heteroatoms. The lowest BCUT2D eigenvalue weighted by atomic mass is 9.68. The highest BCUT2D eigenvalue weighted by molar-refractivity contribution is 7.99. The number of hydrogen-bond donors (Lipinski definition) is 1. The number of anilines is 1. The zero-order valence-corrected chi connectivity index (χ0v) is 21.0. The molecular formula is C28H28N2O4S. The van der Waals surface area contributed by atoms with Crippen LogP contribution >= 0.6 is 11.8 Å². The van der Waals surface area contributed by atoms with Gasteiger partial charge in [-0.3, -0.25) is 9.59 Å². The van der Waals surface area contributed by atoms with Crippen molar-refractivity contribution in [1.82, 2.24) is 4.98 Å². The molecular weight excluding hydrogens is 460 g/mol. The summed E-state index contributed by atoms with van der Waals surface area (Å²) in [5, 5.41) is 2.92. The van der Waals surface area contributed by atoms with Crippen molar-refractivity contribution in [3.8, 4) is 11.5 Å². The number of pyridine rings is 1. The smallest absolute Gasteiger partial charge is 0.231 e. The number of benzene rings is 2. The molecule has 1 amide bonds. The highest BCUT2D eigenvalue weighted by Crippen LogP contribution is 2.43. The first kappa shape index (κ1) is 23.4. The number of nitrogens with one attached hydrogen (secondary N) is 1. The van der Waals surface area contributed by atoms with Crippen LogP contribution in [0.3, 0.4) is 0 Å². The molecule has 2 heterocycles. The molecule has 1 unspecified atom stereocenters. The fourth-order valence-corrected chi connectivity index (χ4v) is 5.47. The minimum Gasteiger partial charge on any atom is -0.454 e. The van der Waals surface area contributed by atoms with Crippen molar-refractivity contribution in [2.75, 3.05) is 17.9 Å². The summed E-state index contributed by atoms with van der Waals surface area (Å²) in [6.45, 7) is 6.21. The highest BCUT2D eigenvalue weighted by atomic mass is 32.2. The van der Waals surface area contributed by atoms with E-state index in [-0.39, 0.29) is 24.9 Å². The van der Waals surface area contributed by atoms with Crippen LogP contribution in [0.4, 0.5) is 5.82 Å². The lowest BCUT2D eigenvalue weighted by molar-refractivity contribution is -0.115. The number of ketones is 1. The maximum Gasteiger partial charge on any atom is 0.231 e. The van der Waals surface area contributed by atoms with Crippen molar-refractivity contribution in [3.63, 3.8) is 0 Å². The molecule has 1 aliphatic carbocycles. The Morgan fingerprint density at radius 2 is 1.89 bits per heavy atom. The Morgan fingerprint density at radius 1 is 1.11 bits per heavy atom. The predicted octanol–water partition coefficient (Wildman–Crippen LogP) is 5.50. The van der Waals surface area contributed by atoms with Gasteiger partial charge in [0.05, 0.1) is 17.5 Å². The number of ether oxygens (including phenoxy) is 2. The van der Waals surface area contributed by atoms with E-state index < -0.39 is 5.41 Å². The SMILES string of the molecule is CCSc1ccc(CC(=O)Nc2cc(C)c3c(n2)CCC(C)(c2ccc4c(c2)OCO4)C3=O)cc1. The topological polar surface area (TPSA) is 77.5 Å². The summed E-state index contributed by atoms with van der Waals surface area (Å²) in [5.41, 5.74) is 3.41. The molecule has 0 fully saturated rings. The van der Waals surface area contributed by atoms with E-state index in [9.17, 15) is 9.59 Å². The van der Waals surface area contributed by atoms with Gasteiger partial charge in [0.25, 0.3) is 0 Å². The molecule has 0 saturated heterocycles. The number of hydrogen-bond acceptors (Lipinski definition) is 6. The summed E-state index contributed by atoms with van der Waals surface area (Å²) in [5.74, 6) is 2.81. The van der Waals surface area contributed by atoms with Gasteiger partial charge < -0.3 is 14.8 Å². The van der Waals surface area contributed by atoms with Gasteiger partial charge in [0, 0.05) is 10.5 Å². The highest BCUT2D eigenvalue weighted by Gasteiger charge is 2.42. The van der Waals surface area contributed by atoms with Crippen molar-refractivity contribution in [2.45, 2.75) is 50.3 Å². The van der Waals surface area contributed by atoms with E-state index >= 15 is 0 Å². The molecule has 5 rings (SSSR count). The molecule has 180 valence electrons. The van der Waals surface area contributed by atoms with Crippen molar-refractivity contribution in [1.29, 1.82) is 0 Å². The third-order valence-electron chi connectivity index (χ3n) is 6.76. The van der Waals surface area contributed by atoms with Crippen LogP contribution < -0.4 is 14.8 Å². The van der Waals surface area contributed by atoms with Crippen LogP contribution in [0.15, 0.2) is 53.4 Å². The molecule has 35 heavy (non-hydrogen) atoms. The molecule has 6 nitrogen and oxygen atoms in total. The number of rotatable bonds is 6. The number of thioether (sulfide) groups is 1. The van der Waals surface area contributed by atoms with E-state index in [1.165, 1.54) is 4.90 Å². The zero-order valence-electron chi connectivity index (χ0n) is 20.1. The van der Waals surface area contributed by atoms with Crippen molar-refractivity contribution in [2.24, 2.45) is 0 Å². The Labute approximate surface area is 209 Å². The maximum atomic E-state index is 13.7. The summed E-state index contributed by atoms with van der Waals surface area (Å²) < 4.78 is 10.9. The Balaban J connectivity index is 1.33. The lowest BCUT2D eigenvalue weighted by Crippen LogP contribution is -2.38. The molecule has 0 saturated carbocycles. The van der Waals surface area contributed by atoms with Crippen LogP contribution in [-0.4, -0.2) is 29.2 Å². The number of nitrogens with zero attached hydrogens (tertiary/aromatic N) is 1. The van der Waals surface area contributed by atoms with Crippen LogP contribution in [0.5, 0.6) is 11.5 Å². The van der Waals surface area contributed by atoms with Gasteiger partial charge in [-0.05, 0) is 79.5 Å². The molecule has 1 aromatic heterocycles. The molecule has 3 aromatic rings. The molecule has 1 aliphatic heterocycles. The van der Waals surface area contributed by atoms with E-state index in [0.717, 1.165) is 28.1 Å². The van der Waals surface area contributed by atoms with E-state index in [0.29, 0.717) is 35.7 Å². The number of amides is 1. The second kappa shape index (κ2) is 9.38. The van der Waals surface area contributed by atoms with Crippen LogP contribution in [0, 0.1) is 6.92 Å². The molecule has 2 aliphatic rings. The largest absolute Gasteiger partial charge is 0.454 e. The lowest BCUT2D eigenvalue weighted by Gasteiger charge is -2.34. The van der Waals surface area contributed by atoms with Gasteiger partial charge in [-0.25, -0.2) is 4.98 Å². The number of Topliss-reactive ketones (excluding diaryl/α,β-unsaturated/α-hetero) is 1. The monoisotopic (exact) mass is 488 g/mol. The third kappa shape index (κ3) is 4.52. The Morgan fingerprint density at radius 3 is 2.66 bits per heavy atom. The average Bonchev–Trinajstić information content (AvgIpc) is 3.31. The Kier molecular flexibility index (Phi) is 6.28. The quantitative estimate of drug-likeness (QED) is 0.462. The normalized spacial score (nSPS) is 18.3. The summed E-state index contributed by atoms with van der Waals surface area (Å²) >= 11 is 1.77. The second-order valence-corrected chi connectivity index (χ2v) is 10.5. The number of carbonyl (C=O) groups excluding carboxylic acids is 2. The van der Waals surface area contributed by atoms with Crippen LogP contribution in [0.1, 0.15) is 53.0 Å². The molecule has 1 atom stereocenters. The summed E-state index contributed by atoms with van der Waals surface area (Å²) in [7, 11) is 0.